The van der Waals surface area contributed by atoms with E-state index in [9.17, 15) is 4.39 Å². The van der Waals surface area contributed by atoms with Crippen molar-refractivity contribution in [2.45, 2.75) is 39.0 Å². The van der Waals surface area contributed by atoms with E-state index in [0.29, 0.717) is 30.4 Å². The minimum atomic E-state index is -0.259. The predicted octanol–water partition coefficient (Wildman–Crippen LogP) is 7.53. The van der Waals surface area contributed by atoms with Gasteiger partial charge in [-0.1, -0.05) is 56.2 Å². The van der Waals surface area contributed by atoms with Crippen LogP contribution in [-0.2, 0) is 12.8 Å². The second-order valence-corrected chi connectivity index (χ2v) is 8.04. The molecule has 4 heteroatoms. The van der Waals surface area contributed by atoms with Gasteiger partial charge < -0.3 is 4.74 Å². The number of benzene rings is 3. The summed E-state index contributed by atoms with van der Waals surface area (Å²) in [6, 6.07) is 19.7. The number of ether oxygens (including phenoxy) is 1. The summed E-state index contributed by atoms with van der Waals surface area (Å²) in [6.45, 7) is 2.87. The third kappa shape index (κ3) is 5.31. The fraction of sp³-hybridized carbons (Fsp3) is 0.250. The van der Waals surface area contributed by atoms with Crippen molar-refractivity contribution in [1.29, 1.82) is 0 Å². The van der Waals surface area contributed by atoms with Gasteiger partial charge in [0.15, 0.2) is 0 Å². The molecule has 0 spiro atoms. The number of unbranched alkanes of at least 4 members (excludes halogenated alkanes) is 2. The van der Waals surface area contributed by atoms with Crippen molar-refractivity contribution >= 4 is 10.8 Å². The Bertz CT molecular complexity index is 1170. The van der Waals surface area contributed by atoms with E-state index >= 15 is 4.39 Å². The number of aromatic nitrogens is 1. The van der Waals surface area contributed by atoms with E-state index in [2.05, 4.69) is 11.9 Å². The first-order valence-corrected chi connectivity index (χ1v) is 11.2. The lowest BCUT2D eigenvalue weighted by molar-refractivity contribution is 0.305. The highest BCUT2D eigenvalue weighted by Crippen LogP contribution is 2.28. The van der Waals surface area contributed by atoms with Crippen molar-refractivity contribution in [2.75, 3.05) is 6.61 Å². The van der Waals surface area contributed by atoms with Crippen LogP contribution in [0.2, 0.25) is 0 Å². The van der Waals surface area contributed by atoms with Crippen LogP contribution in [0.15, 0.2) is 72.9 Å². The number of rotatable bonds is 9. The third-order valence-corrected chi connectivity index (χ3v) is 5.68. The summed E-state index contributed by atoms with van der Waals surface area (Å²) in [4.78, 5) is 4.52. The molecule has 164 valence electrons. The summed E-state index contributed by atoms with van der Waals surface area (Å²) in [5, 5.41) is 1.44. The second kappa shape index (κ2) is 10.4. The number of hydrogen-bond donors (Lipinski definition) is 0. The molecular formula is C28H27F2NO. The lowest BCUT2D eigenvalue weighted by Gasteiger charge is -2.10. The Morgan fingerprint density at radius 2 is 1.69 bits per heavy atom. The van der Waals surface area contributed by atoms with Crippen LogP contribution in [0.3, 0.4) is 0 Å². The molecule has 1 aromatic heterocycles. The monoisotopic (exact) mass is 431 g/mol. The van der Waals surface area contributed by atoms with E-state index in [1.807, 2.05) is 42.5 Å². The first kappa shape index (κ1) is 21.9. The van der Waals surface area contributed by atoms with E-state index in [4.69, 9.17) is 4.74 Å². The highest BCUT2D eigenvalue weighted by atomic mass is 19.1. The molecule has 0 aliphatic heterocycles. The predicted molar refractivity (Wildman–Crippen MR) is 126 cm³/mol. The first-order chi connectivity index (χ1) is 15.6. The largest absolute Gasteiger partial charge is 0.492 e. The molecule has 1 heterocycles. The van der Waals surface area contributed by atoms with Gasteiger partial charge in [-0.25, -0.2) is 8.78 Å². The van der Waals surface area contributed by atoms with E-state index < -0.39 is 0 Å². The van der Waals surface area contributed by atoms with Crippen molar-refractivity contribution in [3.63, 3.8) is 0 Å². The van der Waals surface area contributed by atoms with Gasteiger partial charge in [0.2, 0.25) is 0 Å². The molecule has 4 aromatic rings. The molecule has 0 saturated carbocycles. The standard InChI is InChI=1S/C28H27F2NO/c1-2-3-4-17-32-25-14-16-27(31-19-25)23-11-15-26-22(18-23)10-9-21(28(26)30)8-5-20-6-12-24(29)13-7-20/h6-7,9-16,18-19H,2-5,8,17H2,1H3. The van der Waals surface area contributed by atoms with Gasteiger partial charge >= 0.3 is 0 Å². The van der Waals surface area contributed by atoms with Crippen molar-refractivity contribution in [3.8, 4) is 17.0 Å². The molecule has 0 N–H and O–H groups in total. The fourth-order valence-corrected chi connectivity index (χ4v) is 3.80. The highest BCUT2D eigenvalue weighted by molar-refractivity contribution is 5.88. The molecule has 32 heavy (non-hydrogen) atoms. The van der Waals surface area contributed by atoms with Crippen LogP contribution < -0.4 is 4.74 Å². The lowest BCUT2D eigenvalue weighted by atomic mass is 9.98. The number of pyridine rings is 1. The SMILES string of the molecule is CCCCCOc1ccc(-c2ccc3c(F)c(CCc4ccc(F)cc4)ccc3c2)nc1. The maximum absolute atomic E-state index is 15.1. The summed E-state index contributed by atoms with van der Waals surface area (Å²) in [5.41, 5.74) is 3.42. The molecule has 0 radical (unpaired) electrons. The van der Waals surface area contributed by atoms with Crippen LogP contribution in [0.4, 0.5) is 8.78 Å². The van der Waals surface area contributed by atoms with Crippen LogP contribution in [-0.4, -0.2) is 11.6 Å². The Morgan fingerprint density at radius 1 is 0.844 bits per heavy atom. The molecule has 0 bridgehead atoms. The maximum Gasteiger partial charge on any atom is 0.137 e. The van der Waals surface area contributed by atoms with Gasteiger partial charge in [0.05, 0.1) is 18.5 Å². The summed E-state index contributed by atoms with van der Waals surface area (Å²) in [6.07, 6.45) is 6.34. The zero-order valence-electron chi connectivity index (χ0n) is 18.3. The smallest absolute Gasteiger partial charge is 0.137 e. The maximum atomic E-state index is 15.1. The quantitative estimate of drug-likeness (QED) is 0.256. The Morgan fingerprint density at radius 3 is 2.44 bits per heavy atom. The molecule has 0 aliphatic carbocycles. The Labute approximate surface area is 187 Å². The van der Waals surface area contributed by atoms with Crippen LogP contribution in [0.1, 0.15) is 37.3 Å². The number of aryl methyl sites for hydroxylation is 2. The van der Waals surface area contributed by atoms with Crippen molar-refractivity contribution in [1.82, 2.24) is 4.98 Å². The number of nitrogens with zero attached hydrogens (tertiary/aromatic N) is 1. The minimum Gasteiger partial charge on any atom is -0.492 e. The number of halogens is 2. The average Bonchev–Trinajstić information content (AvgIpc) is 2.83. The van der Waals surface area contributed by atoms with Crippen LogP contribution in [0.5, 0.6) is 5.75 Å². The molecule has 2 nitrogen and oxygen atoms in total. The number of fused-ring (bicyclic) bond motifs is 1. The summed E-state index contributed by atoms with van der Waals surface area (Å²) >= 11 is 0. The Kier molecular flexibility index (Phi) is 7.10. The highest BCUT2D eigenvalue weighted by Gasteiger charge is 2.10. The van der Waals surface area contributed by atoms with Crippen molar-refractivity contribution in [2.24, 2.45) is 0 Å². The van der Waals surface area contributed by atoms with E-state index in [1.54, 1.807) is 18.3 Å². The van der Waals surface area contributed by atoms with Crippen LogP contribution in [0, 0.1) is 11.6 Å². The van der Waals surface area contributed by atoms with Crippen LogP contribution >= 0.6 is 0 Å². The Balaban J connectivity index is 1.47. The van der Waals surface area contributed by atoms with E-state index in [1.165, 1.54) is 18.6 Å². The zero-order valence-corrected chi connectivity index (χ0v) is 18.3. The first-order valence-electron chi connectivity index (χ1n) is 11.2. The Hall–Kier alpha value is -3.27. The van der Waals surface area contributed by atoms with Gasteiger partial charge in [-0.2, -0.15) is 0 Å². The average molecular weight is 432 g/mol. The van der Waals surface area contributed by atoms with Gasteiger partial charge in [0.25, 0.3) is 0 Å². The molecule has 0 amide bonds. The topological polar surface area (TPSA) is 22.1 Å². The molecule has 0 atom stereocenters. The summed E-state index contributed by atoms with van der Waals surface area (Å²) in [5.74, 6) is 0.313. The van der Waals surface area contributed by atoms with Crippen molar-refractivity contribution in [3.05, 3.63) is 95.7 Å². The second-order valence-electron chi connectivity index (χ2n) is 8.04. The molecule has 4 rings (SSSR count). The lowest BCUT2D eigenvalue weighted by Crippen LogP contribution is -1.98. The third-order valence-electron chi connectivity index (χ3n) is 5.68. The van der Waals surface area contributed by atoms with Gasteiger partial charge in [-0.05, 0) is 66.1 Å². The van der Waals surface area contributed by atoms with Gasteiger partial charge in [0.1, 0.15) is 17.4 Å². The molecule has 0 saturated heterocycles. The van der Waals surface area contributed by atoms with E-state index in [0.717, 1.165) is 40.8 Å². The fourth-order valence-electron chi connectivity index (χ4n) is 3.80. The zero-order chi connectivity index (χ0) is 22.3. The molecular weight excluding hydrogens is 404 g/mol. The van der Waals surface area contributed by atoms with Gasteiger partial charge in [0, 0.05) is 10.9 Å². The van der Waals surface area contributed by atoms with E-state index in [-0.39, 0.29) is 11.6 Å². The van der Waals surface area contributed by atoms with Gasteiger partial charge in [-0.3, -0.25) is 4.98 Å². The normalized spacial score (nSPS) is 11.1. The molecule has 0 fully saturated rings. The number of hydrogen-bond acceptors (Lipinski definition) is 2. The molecule has 0 aliphatic rings. The molecule has 0 unspecified atom stereocenters. The van der Waals surface area contributed by atoms with Crippen molar-refractivity contribution < 1.29 is 13.5 Å². The van der Waals surface area contributed by atoms with Gasteiger partial charge in [-0.15, -0.1) is 0 Å². The summed E-state index contributed by atoms with van der Waals surface area (Å²) < 4.78 is 33.9. The molecule has 3 aromatic carbocycles. The minimum absolute atomic E-state index is 0.194. The van der Waals surface area contributed by atoms with Crippen LogP contribution in [0.25, 0.3) is 22.0 Å². The summed E-state index contributed by atoms with van der Waals surface area (Å²) in [7, 11) is 0.